The van der Waals surface area contributed by atoms with Crippen molar-refractivity contribution in [2.24, 2.45) is 5.92 Å². The fourth-order valence-corrected chi connectivity index (χ4v) is 1.69. The standard InChI is InChI=1S/C15H18N2O/c1-12(2)11-16-15(18)13-5-7-14(8-6-13)17-9-3-4-10-17/h3-10,12H,11H2,1-2H3,(H,16,18). The molecule has 0 saturated heterocycles. The first kappa shape index (κ1) is 12.4. The summed E-state index contributed by atoms with van der Waals surface area (Å²) < 4.78 is 2.01. The number of carbonyl (C=O) groups excluding carboxylic acids is 1. The monoisotopic (exact) mass is 242 g/mol. The number of benzene rings is 1. The molecular weight excluding hydrogens is 224 g/mol. The second kappa shape index (κ2) is 5.54. The van der Waals surface area contributed by atoms with Crippen LogP contribution in [0.1, 0.15) is 24.2 Å². The van der Waals surface area contributed by atoms with Gasteiger partial charge in [0.25, 0.3) is 5.91 Å². The van der Waals surface area contributed by atoms with Crippen molar-refractivity contribution in [3.05, 3.63) is 54.4 Å². The lowest BCUT2D eigenvalue weighted by atomic mass is 10.1. The van der Waals surface area contributed by atoms with Crippen molar-refractivity contribution in [3.8, 4) is 5.69 Å². The minimum atomic E-state index is -0.0113. The van der Waals surface area contributed by atoms with E-state index >= 15 is 0 Å². The topological polar surface area (TPSA) is 34.0 Å². The van der Waals surface area contributed by atoms with Gasteiger partial charge in [-0.2, -0.15) is 0 Å². The molecule has 0 fully saturated rings. The van der Waals surface area contributed by atoms with Crippen LogP contribution < -0.4 is 5.32 Å². The Labute approximate surface area is 107 Å². The maximum atomic E-state index is 11.8. The molecule has 1 aromatic carbocycles. The SMILES string of the molecule is CC(C)CNC(=O)c1ccc(-n2cccc2)cc1. The first-order valence-corrected chi connectivity index (χ1v) is 6.18. The van der Waals surface area contributed by atoms with Gasteiger partial charge in [0, 0.05) is 30.2 Å². The van der Waals surface area contributed by atoms with Crippen LogP contribution in [0.25, 0.3) is 5.69 Å². The Morgan fingerprint density at radius 3 is 2.33 bits per heavy atom. The summed E-state index contributed by atoms with van der Waals surface area (Å²) in [6, 6.07) is 11.6. The number of carbonyl (C=O) groups is 1. The summed E-state index contributed by atoms with van der Waals surface area (Å²) in [5, 5.41) is 2.91. The molecule has 0 bridgehead atoms. The van der Waals surface area contributed by atoms with E-state index in [1.165, 1.54) is 0 Å². The van der Waals surface area contributed by atoms with Crippen LogP contribution in [0.4, 0.5) is 0 Å². The number of nitrogens with one attached hydrogen (secondary N) is 1. The largest absolute Gasteiger partial charge is 0.352 e. The van der Waals surface area contributed by atoms with Crippen LogP contribution in [0.2, 0.25) is 0 Å². The number of aromatic nitrogens is 1. The second-order valence-corrected chi connectivity index (χ2v) is 4.74. The van der Waals surface area contributed by atoms with Gasteiger partial charge >= 0.3 is 0 Å². The molecule has 1 amide bonds. The highest BCUT2D eigenvalue weighted by atomic mass is 16.1. The number of nitrogens with zero attached hydrogens (tertiary/aromatic N) is 1. The van der Waals surface area contributed by atoms with Crippen molar-refractivity contribution in [2.45, 2.75) is 13.8 Å². The Morgan fingerprint density at radius 2 is 1.78 bits per heavy atom. The molecule has 3 heteroatoms. The van der Waals surface area contributed by atoms with Crippen molar-refractivity contribution in [1.29, 1.82) is 0 Å². The maximum Gasteiger partial charge on any atom is 0.251 e. The van der Waals surface area contributed by atoms with E-state index < -0.39 is 0 Å². The molecule has 0 aliphatic carbocycles. The summed E-state index contributed by atoms with van der Waals surface area (Å²) in [4.78, 5) is 11.8. The maximum absolute atomic E-state index is 11.8. The molecule has 1 aromatic heterocycles. The van der Waals surface area contributed by atoms with Crippen molar-refractivity contribution in [2.75, 3.05) is 6.54 Å². The second-order valence-electron chi connectivity index (χ2n) is 4.74. The molecule has 0 spiro atoms. The van der Waals surface area contributed by atoms with E-state index in [4.69, 9.17) is 0 Å². The minimum absolute atomic E-state index is 0.0113. The van der Waals surface area contributed by atoms with E-state index in [9.17, 15) is 4.79 Å². The summed E-state index contributed by atoms with van der Waals surface area (Å²) in [5.41, 5.74) is 1.76. The first-order valence-electron chi connectivity index (χ1n) is 6.18. The lowest BCUT2D eigenvalue weighted by molar-refractivity contribution is 0.0949. The van der Waals surface area contributed by atoms with Gasteiger partial charge in [0.2, 0.25) is 0 Å². The molecule has 0 saturated carbocycles. The highest BCUT2D eigenvalue weighted by Crippen LogP contribution is 2.10. The van der Waals surface area contributed by atoms with Crippen LogP contribution in [-0.4, -0.2) is 17.0 Å². The third kappa shape index (κ3) is 3.00. The zero-order valence-electron chi connectivity index (χ0n) is 10.8. The van der Waals surface area contributed by atoms with E-state index in [1.54, 1.807) is 0 Å². The van der Waals surface area contributed by atoms with Crippen LogP contribution >= 0.6 is 0 Å². The van der Waals surface area contributed by atoms with E-state index in [0.29, 0.717) is 18.0 Å². The van der Waals surface area contributed by atoms with Crippen molar-refractivity contribution < 1.29 is 4.79 Å². The van der Waals surface area contributed by atoms with Gasteiger partial charge in [-0.3, -0.25) is 4.79 Å². The van der Waals surface area contributed by atoms with Crippen molar-refractivity contribution in [1.82, 2.24) is 9.88 Å². The summed E-state index contributed by atoms with van der Waals surface area (Å²) in [7, 11) is 0. The van der Waals surface area contributed by atoms with E-state index in [2.05, 4.69) is 19.2 Å². The highest BCUT2D eigenvalue weighted by molar-refractivity contribution is 5.94. The number of hydrogen-bond donors (Lipinski definition) is 1. The molecule has 18 heavy (non-hydrogen) atoms. The molecule has 0 aliphatic heterocycles. The van der Waals surface area contributed by atoms with Crippen LogP contribution in [0.15, 0.2) is 48.8 Å². The van der Waals surface area contributed by atoms with Gasteiger partial charge in [0.1, 0.15) is 0 Å². The molecule has 3 nitrogen and oxygen atoms in total. The van der Waals surface area contributed by atoms with E-state index in [1.807, 2.05) is 53.4 Å². The molecule has 1 heterocycles. The predicted molar refractivity (Wildman–Crippen MR) is 72.9 cm³/mol. The Balaban J connectivity index is 2.06. The quantitative estimate of drug-likeness (QED) is 0.879. The number of rotatable bonds is 4. The molecule has 0 atom stereocenters. The average Bonchev–Trinajstić information content (AvgIpc) is 2.90. The Morgan fingerprint density at radius 1 is 1.17 bits per heavy atom. The molecule has 94 valence electrons. The Hall–Kier alpha value is -2.03. The lowest BCUT2D eigenvalue weighted by Gasteiger charge is -2.08. The lowest BCUT2D eigenvalue weighted by Crippen LogP contribution is -2.27. The molecule has 2 aromatic rings. The summed E-state index contributed by atoms with van der Waals surface area (Å²) >= 11 is 0. The van der Waals surface area contributed by atoms with Crippen LogP contribution in [0.5, 0.6) is 0 Å². The van der Waals surface area contributed by atoms with Gasteiger partial charge in [-0.05, 0) is 42.3 Å². The summed E-state index contributed by atoms with van der Waals surface area (Å²) in [6.07, 6.45) is 3.96. The average molecular weight is 242 g/mol. The molecule has 1 N–H and O–H groups in total. The Bertz CT molecular complexity index is 498. The van der Waals surface area contributed by atoms with Gasteiger partial charge in [0.05, 0.1) is 0 Å². The zero-order valence-corrected chi connectivity index (χ0v) is 10.8. The molecule has 0 aliphatic rings. The predicted octanol–water partition coefficient (Wildman–Crippen LogP) is 2.86. The summed E-state index contributed by atoms with van der Waals surface area (Å²) in [6.45, 7) is 4.86. The van der Waals surface area contributed by atoms with E-state index in [-0.39, 0.29) is 5.91 Å². The third-order valence-electron chi connectivity index (χ3n) is 2.70. The van der Waals surface area contributed by atoms with Crippen LogP contribution in [0.3, 0.4) is 0 Å². The minimum Gasteiger partial charge on any atom is -0.352 e. The number of hydrogen-bond acceptors (Lipinski definition) is 1. The molecule has 0 unspecified atom stereocenters. The zero-order chi connectivity index (χ0) is 13.0. The van der Waals surface area contributed by atoms with Gasteiger partial charge in [-0.15, -0.1) is 0 Å². The van der Waals surface area contributed by atoms with E-state index in [0.717, 1.165) is 5.69 Å². The number of amides is 1. The van der Waals surface area contributed by atoms with Crippen molar-refractivity contribution in [3.63, 3.8) is 0 Å². The fourth-order valence-electron chi connectivity index (χ4n) is 1.69. The fraction of sp³-hybridized carbons (Fsp3) is 0.267. The van der Waals surface area contributed by atoms with Gasteiger partial charge in [-0.25, -0.2) is 0 Å². The van der Waals surface area contributed by atoms with Crippen LogP contribution in [-0.2, 0) is 0 Å². The Kier molecular flexibility index (Phi) is 3.82. The van der Waals surface area contributed by atoms with Crippen LogP contribution in [0, 0.1) is 5.92 Å². The third-order valence-corrected chi connectivity index (χ3v) is 2.70. The summed E-state index contributed by atoms with van der Waals surface area (Å²) in [5.74, 6) is 0.454. The molecule has 0 radical (unpaired) electrons. The molecular formula is C15H18N2O. The smallest absolute Gasteiger partial charge is 0.251 e. The first-order chi connectivity index (χ1) is 8.66. The van der Waals surface area contributed by atoms with Gasteiger partial charge in [0.15, 0.2) is 0 Å². The van der Waals surface area contributed by atoms with Gasteiger partial charge < -0.3 is 9.88 Å². The molecule has 2 rings (SSSR count). The normalized spacial score (nSPS) is 10.6. The van der Waals surface area contributed by atoms with Gasteiger partial charge in [-0.1, -0.05) is 13.8 Å². The van der Waals surface area contributed by atoms with Crippen molar-refractivity contribution >= 4 is 5.91 Å². The highest BCUT2D eigenvalue weighted by Gasteiger charge is 2.05.